The van der Waals surface area contributed by atoms with Gasteiger partial charge in [-0.05, 0) is 30.9 Å². The van der Waals surface area contributed by atoms with Crippen LogP contribution in [0, 0.1) is 5.92 Å². The van der Waals surface area contributed by atoms with Gasteiger partial charge in [-0.15, -0.1) is 0 Å². The largest absolute Gasteiger partial charge is 0.447 e. The monoisotopic (exact) mass is 394 g/mol. The molecule has 2 aliphatic heterocycles. The molecule has 0 N–H and O–H groups in total. The van der Waals surface area contributed by atoms with Gasteiger partial charge in [0.05, 0.1) is 24.6 Å². The summed E-state index contributed by atoms with van der Waals surface area (Å²) in [6, 6.07) is 20.2. The fraction of sp³-hybridized carbons (Fsp3) is 0.391. The summed E-state index contributed by atoms with van der Waals surface area (Å²) in [7, 11) is 0. The molecule has 29 heavy (non-hydrogen) atoms. The number of ether oxygens (including phenoxy) is 1. The Balaban J connectivity index is 1.55. The maximum atomic E-state index is 13.2. The zero-order valence-corrected chi connectivity index (χ0v) is 16.6. The molecular weight excluding hydrogens is 368 g/mol. The van der Waals surface area contributed by atoms with Crippen molar-refractivity contribution in [1.29, 1.82) is 0 Å². The molecule has 2 aromatic carbocycles. The van der Waals surface area contributed by atoms with Gasteiger partial charge in [0.1, 0.15) is 6.61 Å². The fourth-order valence-corrected chi connectivity index (χ4v) is 4.19. The quantitative estimate of drug-likeness (QED) is 0.751. The van der Waals surface area contributed by atoms with Crippen molar-refractivity contribution >= 4 is 12.0 Å². The van der Waals surface area contributed by atoms with Crippen LogP contribution in [-0.4, -0.2) is 47.3 Å². The molecular formula is C23H26N2O4. The van der Waals surface area contributed by atoms with Gasteiger partial charge in [0.2, 0.25) is 5.91 Å². The molecule has 2 aromatic rings. The van der Waals surface area contributed by atoms with E-state index in [0.717, 1.165) is 18.4 Å². The maximum absolute atomic E-state index is 13.2. The van der Waals surface area contributed by atoms with Crippen molar-refractivity contribution in [1.82, 2.24) is 9.96 Å². The van der Waals surface area contributed by atoms with Gasteiger partial charge >= 0.3 is 6.09 Å². The standard InChI is InChI=1S/C23H26N2O4/c1-17-21(22(26)24-14-15-28-23(24)27)20(13-12-18-8-4-2-5-9-18)25(29-17)16-19-10-6-3-7-11-19/h2-11,17,20-21H,12-16H2,1H3/t17-,20+,21-/m1/s1. The van der Waals surface area contributed by atoms with Gasteiger partial charge in [-0.2, -0.15) is 5.06 Å². The van der Waals surface area contributed by atoms with Crippen LogP contribution in [0.15, 0.2) is 60.7 Å². The van der Waals surface area contributed by atoms with Crippen molar-refractivity contribution in [3.8, 4) is 0 Å². The Morgan fingerprint density at radius 1 is 1.03 bits per heavy atom. The molecule has 0 bridgehead atoms. The molecule has 6 heteroatoms. The summed E-state index contributed by atoms with van der Waals surface area (Å²) in [4.78, 5) is 32.5. The van der Waals surface area contributed by atoms with Gasteiger partial charge in [0.25, 0.3) is 0 Å². The molecule has 0 aromatic heterocycles. The number of nitrogens with zero attached hydrogens (tertiary/aromatic N) is 2. The molecule has 0 aliphatic carbocycles. The van der Waals surface area contributed by atoms with Crippen LogP contribution in [0.4, 0.5) is 4.79 Å². The first kappa shape index (κ1) is 19.6. The highest BCUT2D eigenvalue weighted by Crippen LogP contribution is 2.34. The van der Waals surface area contributed by atoms with E-state index in [1.807, 2.05) is 48.4 Å². The van der Waals surface area contributed by atoms with E-state index >= 15 is 0 Å². The Morgan fingerprint density at radius 3 is 2.31 bits per heavy atom. The average Bonchev–Trinajstić information content (AvgIpc) is 3.30. The molecule has 0 unspecified atom stereocenters. The molecule has 2 amide bonds. The van der Waals surface area contributed by atoms with E-state index in [2.05, 4.69) is 24.3 Å². The van der Waals surface area contributed by atoms with Crippen LogP contribution < -0.4 is 0 Å². The molecule has 0 spiro atoms. The van der Waals surface area contributed by atoms with Gasteiger partial charge in [0.15, 0.2) is 0 Å². The normalized spacial score (nSPS) is 24.7. The van der Waals surface area contributed by atoms with Gasteiger partial charge in [-0.3, -0.25) is 9.63 Å². The molecule has 2 saturated heterocycles. The van der Waals surface area contributed by atoms with Crippen LogP contribution >= 0.6 is 0 Å². The Hall–Kier alpha value is -2.70. The lowest BCUT2D eigenvalue weighted by Gasteiger charge is -2.26. The third kappa shape index (κ3) is 4.33. The number of hydrogen-bond donors (Lipinski definition) is 0. The minimum Gasteiger partial charge on any atom is -0.447 e. The van der Waals surface area contributed by atoms with Crippen molar-refractivity contribution in [2.75, 3.05) is 13.2 Å². The zero-order chi connectivity index (χ0) is 20.2. The molecule has 152 valence electrons. The van der Waals surface area contributed by atoms with Crippen LogP contribution in [0.5, 0.6) is 0 Å². The second kappa shape index (κ2) is 8.76. The smallest absolute Gasteiger partial charge is 0.416 e. The number of imide groups is 1. The average molecular weight is 394 g/mol. The third-order valence-electron chi connectivity index (χ3n) is 5.66. The minimum atomic E-state index is -0.550. The molecule has 0 radical (unpaired) electrons. The number of benzene rings is 2. The third-order valence-corrected chi connectivity index (χ3v) is 5.66. The van der Waals surface area contributed by atoms with Crippen LogP contribution in [0.1, 0.15) is 24.5 Å². The van der Waals surface area contributed by atoms with E-state index in [9.17, 15) is 9.59 Å². The minimum absolute atomic E-state index is 0.119. The second-order valence-corrected chi connectivity index (χ2v) is 7.59. The molecule has 0 saturated carbocycles. The Bertz CT molecular complexity index is 842. The van der Waals surface area contributed by atoms with Crippen LogP contribution in [0.2, 0.25) is 0 Å². The van der Waals surface area contributed by atoms with Crippen molar-refractivity contribution in [3.63, 3.8) is 0 Å². The van der Waals surface area contributed by atoms with Gasteiger partial charge in [-0.25, -0.2) is 9.69 Å². The number of carbonyl (C=O) groups is 2. The van der Waals surface area contributed by atoms with Crippen LogP contribution in [0.25, 0.3) is 0 Å². The zero-order valence-electron chi connectivity index (χ0n) is 16.6. The van der Waals surface area contributed by atoms with Crippen molar-refractivity contribution in [2.45, 2.75) is 38.5 Å². The number of amides is 2. The summed E-state index contributed by atoms with van der Waals surface area (Å²) >= 11 is 0. The predicted molar refractivity (Wildman–Crippen MR) is 108 cm³/mol. The van der Waals surface area contributed by atoms with E-state index in [0.29, 0.717) is 13.1 Å². The highest BCUT2D eigenvalue weighted by molar-refractivity contribution is 5.95. The summed E-state index contributed by atoms with van der Waals surface area (Å²) in [5.74, 6) is -0.610. The van der Waals surface area contributed by atoms with E-state index in [4.69, 9.17) is 9.57 Å². The maximum Gasteiger partial charge on any atom is 0.416 e. The summed E-state index contributed by atoms with van der Waals surface area (Å²) in [5.41, 5.74) is 2.34. The molecule has 2 fully saturated rings. The van der Waals surface area contributed by atoms with Crippen molar-refractivity contribution in [2.24, 2.45) is 5.92 Å². The summed E-state index contributed by atoms with van der Waals surface area (Å²) in [5, 5.41) is 1.92. The lowest BCUT2D eigenvalue weighted by molar-refractivity contribution is -0.166. The van der Waals surface area contributed by atoms with Gasteiger partial charge < -0.3 is 4.74 Å². The lowest BCUT2D eigenvalue weighted by atomic mass is 9.89. The summed E-state index contributed by atoms with van der Waals surface area (Å²) in [6.45, 7) is 3.07. The van der Waals surface area contributed by atoms with E-state index in [1.54, 1.807) is 0 Å². The second-order valence-electron chi connectivity index (χ2n) is 7.59. The van der Waals surface area contributed by atoms with Crippen molar-refractivity contribution in [3.05, 3.63) is 71.8 Å². The van der Waals surface area contributed by atoms with Gasteiger partial charge in [-0.1, -0.05) is 60.7 Å². The number of aryl methyl sites for hydroxylation is 1. The van der Waals surface area contributed by atoms with E-state index < -0.39 is 12.0 Å². The van der Waals surface area contributed by atoms with Crippen LogP contribution in [-0.2, 0) is 27.3 Å². The van der Waals surface area contributed by atoms with E-state index in [-0.39, 0.29) is 24.7 Å². The molecule has 6 nitrogen and oxygen atoms in total. The lowest BCUT2D eigenvalue weighted by Crippen LogP contribution is -2.45. The predicted octanol–water partition coefficient (Wildman–Crippen LogP) is 3.42. The Morgan fingerprint density at radius 2 is 1.69 bits per heavy atom. The van der Waals surface area contributed by atoms with Gasteiger partial charge in [0, 0.05) is 6.54 Å². The summed E-state index contributed by atoms with van der Waals surface area (Å²) < 4.78 is 4.98. The first-order valence-corrected chi connectivity index (χ1v) is 10.1. The topological polar surface area (TPSA) is 59.1 Å². The number of rotatable bonds is 6. The number of cyclic esters (lactones) is 1. The SMILES string of the molecule is C[C@H]1ON(Cc2ccccc2)[C@@H](CCc2ccccc2)[C@@H]1C(=O)N1CCOC1=O. The Labute approximate surface area is 171 Å². The Kier molecular flexibility index (Phi) is 5.92. The number of hydroxylamine groups is 2. The first-order chi connectivity index (χ1) is 14.1. The number of hydrogen-bond acceptors (Lipinski definition) is 5. The highest BCUT2D eigenvalue weighted by atomic mass is 16.7. The van der Waals surface area contributed by atoms with E-state index in [1.165, 1.54) is 10.5 Å². The molecule has 4 rings (SSSR count). The molecule has 2 aliphatic rings. The first-order valence-electron chi connectivity index (χ1n) is 10.1. The number of carbonyl (C=O) groups excluding carboxylic acids is 2. The summed E-state index contributed by atoms with van der Waals surface area (Å²) in [6.07, 6.45) is 0.743. The van der Waals surface area contributed by atoms with Crippen LogP contribution in [0.3, 0.4) is 0 Å². The fourth-order valence-electron chi connectivity index (χ4n) is 4.19. The molecule has 2 heterocycles. The molecule has 3 atom stereocenters. The highest BCUT2D eigenvalue weighted by Gasteiger charge is 2.48. The van der Waals surface area contributed by atoms with Crippen molar-refractivity contribution < 1.29 is 19.2 Å².